The lowest BCUT2D eigenvalue weighted by molar-refractivity contribution is -0.160. The second-order valence-electron chi connectivity index (χ2n) is 1.45. The van der Waals surface area contributed by atoms with Gasteiger partial charge in [-0.05, 0) is 0 Å². The van der Waals surface area contributed by atoms with E-state index in [9.17, 15) is 4.79 Å². The van der Waals surface area contributed by atoms with Crippen molar-refractivity contribution in [3.05, 3.63) is 0 Å². The van der Waals surface area contributed by atoms with Gasteiger partial charge in [-0.15, -0.1) is 0 Å². The van der Waals surface area contributed by atoms with Crippen molar-refractivity contribution < 1.29 is 14.4 Å². The molecule has 1 heterocycles. The minimum Gasteiger partial charge on any atom is -0.445 e. The summed E-state index contributed by atoms with van der Waals surface area (Å²) in [5.41, 5.74) is 0. The van der Waals surface area contributed by atoms with E-state index in [1.165, 1.54) is 7.05 Å². The van der Waals surface area contributed by atoms with E-state index in [-0.39, 0.29) is 0 Å². The van der Waals surface area contributed by atoms with Crippen molar-refractivity contribution in [1.29, 1.82) is 0 Å². The second kappa shape index (κ2) is 2.00. The Morgan fingerprint density at radius 3 is 2.75 bits per heavy atom. The first-order valence-electron chi connectivity index (χ1n) is 2.34. The Hall–Kier alpha value is -0.770. The molecule has 0 aromatic heterocycles. The molecule has 0 atom stereocenters. The minimum atomic E-state index is -0.420. The highest BCUT2D eigenvalue weighted by Gasteiger charge is 2.14. The minimum absolute atomic E-state index is 0.364. The van der Waals surface area contributed by atoms with Crippen LogP contribution in [0.25, 0.3) is 0 Å². The van der Waals surface area contributed by atoms with Crippen molar-refractivity contribution in [3.8, 4) is 0 Å². The van der Waals surface area contributed by atoms with Gasteiger partial charge in [-0.2, -0.15) is 5.06 Å². The molecule has 0 spiro atoms. The van der Waals surface area contributed by atoms with Gasteiger partial charge >= 0.3 is 6.09 Å². The summed E-state index contributed by atoms with van der Waals surface area (Å²) < 4.78 is 4.55. The first-order valence-corrected chi connectivity index (χ1v) is 2.34. The van der Waals surface area contributed by atoms with Gasteiger partial charge in [-0.25, -0.2) is 4.79 Å². The zero-order chi connectivity index (χ0) is 5.98. The molecule has 8 heavy (non-hydrogen) atoms. The predicted octanol–water partition coefficient (Wildman–Crippen LogP) is 0. The zero-order valence-corrected chi connectivity index (χ0v) is 4.59. The fourth-order valence-electron chi connectivity index (χ4n) is 0.447. The molecular formula is C4H7NO3. The molecule has 0 bridgehead atoms. The van der Waals surface area contributed by atoms with Crippen LogP contribution in [-0.4, -0.2) is 31.4 Å². The molecule has 1 saturated heterocycles. The number of carbonyl (C=O) groups is 1. The van der Waals surface area contributed by atoms with Crippen molar-refractivity contribution in [2.75, 3.05) is 20.3 Å². The van der Waals surface area contributed by atoms with Gasteiger partial charge in [-0.1, -0.05) is 0 Å². The van der Waals surface area contributed by atoms with Crippen LogP contribution in [-0.2, 0) is 9.57 Å². The molecule has 0 aliphatic carbocycles. The number of nitrogens with zero attached hydrogens (tertiary/aromatic N) is 1. The number of rotatable bonds is 0. The highest BCUT2D eigenvalue weighted by molar-refractivity contribution is 5.66. The molecule has 1 aliphatic rings. The van der Waals surface area contributed by atoms with Gasteiger partial charge in [0, 0.05) is 7.05 Å². The third-order valence-corrected chi connectivity index (χ3v) is 0.851. The monoisotopic (exact) mass is 117 g/mol. The third-order valence-electron chi connectivity index (χ3n) is 0.851. The second-order valence-corrected chi connectivity index (χ2v) is 1.45. The molecular weight excluding hydrogens is 110 g/mol. The Morgan fingerprint density at radius 2 is 2.38 bits per heavy atom. The standard InChI is InChI=1S/C4H7NO3/c1-5-4(6)7-2-3-8-5/h2-3H2,1H3. The molecule has 1 aliphatic heterocycles. The summed E-state index contributed by atoms with van der Waals surface area (Å²) >= 11 is 0. The van der Waals surface area contributed by atoms with E-state index in [0.29, 0.717) is 13.2 Å². The molecule has 0 aromatic carbocycles. The molecule has 4 nitrogen and oxygen atoms in total. The molecule has 0 radical (unpaired) electrons. The number of hydroxylamine groups is 2. The van der Waals surface area contributed by atoms with Crippen molar-refractivity contribution in [2.24, 2.45) is 0 Å². The Kier molecular flexibility index (Phi) is 1.34. The molecule has 46 valence electrons. The van der Waals surface area contributed by atoms with Crippen LogP contribution in [0.2, 0.25) is 0 Å². The number of hydrogen-bond donors (Lipinski definition) is 0. The Balaban J connectivity index is 2.39. The molecule has 4 heteroatoms. The number of carbonyl (C=O) groups excluding carboxylic acids is 1. The molecule has 0 saturated carbocycles. The van der Waals surface area contributed by atoms with Gasteiger partial charge in [0.1, 0.15) is 13.2 Å². The normalized spacial score (nSPS) is 20.6. The van der Waals surface area contributed by atoms with Crippen LogP contribution in [0.15, 0.2) is 0 Å². The quantitative estimate of drug-likeness (QED) is 0.448. The fourth-order valence-corrected chi connectivity index (χ4v) is 0.447. The van der Waals surface area contributed by atoms with Gasteiger partial charge in [0.15, 0.2) is 0 Å². The number of ether oxygens (including phenoxy) is 1. The smallest absolute Gasteiger partial charge is 0.433 e. The average molecular weight is 117 g/mol. The van der Waals surface area contributed by atoms with E-state index in [1.807, 2.05) is 0 Å². The van der Waals surface area contributed by atoms with Crippen LogP contribution >= 0.6 is 0 Å². The summed E-state index contributed by atoms with van der Waals surface area (Å²) in [5, 5.41) is 1.07. The SMILES string of the molecule is CN1OCCOC1=O. The van der Waals surface area contributed by atoms with Gasteiger partial charge in [0.25, 0.3) is 0 Å². The molecule has 0 N–H and O–H groups in total. The number of amides is 1. The highest BCUT2D eigenvalue weighted by Crippen LogP contribution is 1.96. The van der Waals surface area contributed by atoms with Crippen molar-refractivity contribution in [2.45, 2.75) is 0 Å². The summed E-state index contributed by atoms with van der Waals surface area (Å²) in [7, 11) is 1.52. The van der Waals surface area contributed by atoms with E-state index < -0.39 is 6.09 Å². The van der Waals surface area contributed by atoms with E-state index in [2.05, 4.69) is 4.74 Å². The van der Waals surface area contributed by atoms with E-state index in [0.717, 1.165) is 5.06 Å². The Labute approximate surface area is 46.9 Å². The van der Waals surface area contributed by atoms with Crippen LogP contribution in [0, 0.1) is 0 Å². The Morgan fingerprint density at radius 1 is 1.62 bits per heavy atom. The van der Waals surface area contributed by atoms with Crippen LogP contribution < -0.4 is 0 Å². The third kappa shape index (κ3) is 0.894. The fraction of sp³-hybridized carbons (Fsp3) is 0.750. The van der Waals surface area contributed by atoms with E-state index in [1.54, 1.807) is 0 Å². The zero-order valence-electron chi connectivity index (χ0n) is 4.59. The summed E-state index contributed by atoms with van der Waals surface area (Å²) in [4.78, 5) is 15.1. The summed E-state index contributed by atoms with van der Waals surface area (Å²) in [6.07, 6.45) is -0.420. The average Bonchev–Trinajstić information content (AvgIpc) is 1.77. The summed E-state index contributed by atoms with van der Waals surface area (Å²) in [6.45, 7) is 0.825. The molecule has 1 amide bonds. The molecule has 1 rings (SSSR count). The van der Waals surface area contributed by atoms with Gasteiger partial charge in [0.2, 0.25) is 0 Å². The maximum atomic E-state index is 10.4. The lowest BCUT2D eigenvalue weighted by atomic mass is 10.7. The maximum absolute atomic E-state index is 10.4. The van der Waals surface area contributed by atoms with Crippen LogP contribution in [0.4, 0.5) is 4.79 Å². The number of hydrogen-bond acceptors (Lipinski definition) is 3. The lowest BCUT2D eigenvalue weighted by Gasteiger charge is -2.20. The summed E-state index contributed by atoms with van der Waals surface area (Å²) in [6, 6.07) is 0. The van der Waals surface area contributed by atoms with Gasteiger partial charge < -0.3 is 4.74 Å². The Bertz CT molecular complexity index is 103. The van der Waals surface area contributed by atoms with Crippen LogP contribution in [0.1, 0.15) is 0 Å². The topological polar surface area (TPSA) is 38.8 Å². The van der Waals surface area contributed by atoms with Crippen molar-refractivity contribution in [1.82, 2.24) is 5.06 Å². The molecule has 1 fully saturated rings. The number of cyclic esters (lactones) is 1. The van der Waals surface area contributed by atoms with Crippen molar-refractivity contribution in [3.63, 3.8) is 0 Å². The van der Waals surface area contributed by atoms with Gasteiger partial charge in [-0.3, -0.25) is 4.84 Å². The first-order chi connectivity index (χ1) is 3.80. The highest BCUT2D eigenvalue weighted by atomic mass is 16.8. The van der Waals surface area contributed by atoms with Gasteiger partial charge in [0.05, 0.1) is 0 Å². The summed E-state index contributed by atoms with van der Waals surface area (Å²) in [5.74, 6) is 0. The molecule has 0 unspecified atom stereocenters. The van der Waals surface area contributed by atoms with Crippen molar-refractivity contribution >= 4 is 6.09 Å². The lowest BCUT2D eigenvalue weighted by Crippen LogP contribution is -2.34. The van der Waals surface area contributed by atoms with E-state index in [4.69, 9.17) is 4.84 Å². The first kappa shape index (κ1) is 5.37. The predicted molar refractivity (Wildman–Crippen MR) is 25.1 cm³/mol. The van der Waals surface area contributed by atoms with E-state index >= 15 is 0 Å². The van der Waals surface area contributed by atoms with Crippen LogP contribution in [0.3, 0.4) is 0 Å². The maximum Gasteiger partial charge on any atom is 0.433 e. The largest absolute Gasteiger partial charge is 0.445 e. The molecule has 0 aromatic rings. The van der Waals surface area contributed by atoms with Crippen LogP contribution in [0.5, 0.6) is 0 Å².